The number of halogens is 2. The van der Waals surface area contributed by atoms with Crippen LogP contribution < -0.4 is 5.32 Å². The first-order valence-corrected chi connectivity index (χ1v) is 8.90. The number of hydrogen-bond acceptors (Lipinski definition) is 4. The summed E-state index contributed by atoms with van der Waals surface area (Å²) >= 11 is 11.9. The third-order valence-corrected chi connectivity index (χ3v) is 4.34. The maximum absolute atomic E-state index is 12.5. The lowest BCUT2D eigenvalue weighted by Gasteiger charge is -2.13. The summed E-state index contributed by atoms with van der Waals surface area (Å²) in [5.74, 6) is 0.273. The molecule has 0 fully saturated rings. The fourth-order valence-corrected chi connectivity index (χ4v) is 2.82. The van der Waals surface area contributed by atoms with Gasteiger partial charge in [-0.2, -0.15) is 4.80 Å². The first kappa shape index (κ1) is 18.4. The van der Waals surface area contributed by atoms with Gasteiger partial charge in [0.1, 0.15) is 0 Å². The van der Waals surface area contributed by atoms with Crippen molar-refractivity contribution in [1.82, 2.24) is 25.5 Å². The molecule has 3 rings (SSSR count). The molecule has 134 valence electrons. The van der Waals surface area contributed by atoms with E-state index in [-0.39, 0.29) is 5.91 Å². The van der Waals surface area contributed by atoms with Gasteiger partial charge in [0, 0.05) is 22.2 Å². The van der Waals surface area contributed by atoms with Crippen LogP contribution in [0.1, 0.15) is 24.9 Å². The van der Waals surface area contributed by atoms with Crippen LogP contribution in [0.3, 0.4) is 0 Å². The van der Waals surface area contributed by atoms with Crippen molar-refractivity contribution in [3.63, 3.8) is 0 Å². The van der Waals surface area contributed by atoms with Crippen molar-refractivity contribution >= 4 is 29.1 Å². The molecule has 26 heavy (non-hydrogen) atoms. The molecule has 0 saturated heterocycles. The second-order valence-electron chi connectivity index (χ2n) is 5.71. The largest absolute Gasteiger partial charge is 0.350 e. The lowest BCUT2D eigenvalue weighted by molar-refractivity contribution is -0.125. The molecule has 8 heteroatoms. The van der Waals surface area contributed by atoms with Crippen LogP contribution in [-0.2, 0) is 11.3 Å². The summed E-state index contributed by atoms with van der Waals surface area (Å²) in [6.07, 6.45) is 0.539. The van der Waals surface area contributed by atoms with Crippen molar-refractivity contribution in [2.45, 2.75) is 25.9 Å². The number of rotatable bonds is 6. The number of tetrazole rings is 1. The Morgan fingerprint density at radius 3 is 2.62 bits per heavy atom. The van der Waals surface area contributed by atoms with E-state index in [1.165, 1.54) is 4.80 Å². The van der Waals surface area contributed by atoms with Gasteiger partial charge in [-0.3, -0.25) is 4.79 Å². The number of amides is 1. The first-order chi connectivity index (χ1) is 12.6. The molecule has 0 radical (unpaired) electrons. The molecule has 0 aliphatic rings. The average molecular weight is 390 g/mol. The molecule has 0 unspecified atom stereocenters. The van der Waals surface area contributed by atoms with Crippen LogP contribution in [-0.4, -0.2) is 26.1 Å². The van der Waals surface area contributed by atoms with Gasteiger partial charge in [0.05, 0.1) is 0 Å². The number of hydrogen-bond donors (Lipinski definition) is 1. The topological polar surface area (TPSA) is 72.7 Å². The quantitative estimate of drug-likeness (QED) is 0.693. The minimum absolute atomic E-state index is 0.174. The number of carbonyl (C=O) groups is 1. The maximum Gasteiger partial charge on any atom is 0.247 e. The normalized spacial score (nSPS) is 12.0. The van der Waals surface area contributed by atoms with Crippen LogP contribution in [0.4, 0.5) is 0 Å². The van der Waals surface area contributed by atoms with Crippen LogP contribution in [0.5, 0.6) is 0 Å². The van der Waals surface area contributed by atoms with Crippen LogP contribution in [0, 0.1) is 0 Å². The Balaban J connectivity index is 1.70. The van der Waals surface area contributed by atoms with Gasteiger partial charge in [-0.15, -0.1) is 10.2 Å². The molecule has 1 atom stereocenters. The van der Waals surface area contributed by atoms with Crippen molar-refractivity contribution < 1.29 is 4.79 Å². The molecule has 0 aliphatic carbocycles. The summed E-state index contributed by atoms with van der Waals surface area (Å²) in [6.45, 7) is 2.28. The lowest BCUT2D eigenvalue weighted by Crippen LogP contribution is -2.33. The zero-order chi connectivity index (χ0) is 18.5. The Morgan fingerprint density at radius 2 is 1.92 bits per heavy atom. The van der Waals surface area contributed by atoms with Gasteiger partial charge in [0.15, 0.2) is 6.04 Å². The van der Waals surface area contributed by atoms with E-state index >= 15 is 0 Å². The summed E-state index contributed by atoms with van der Waals surface area (Å²) in [7, 11) is 0. The summed E-state index contributed by atoms with van der Waals surface area (Å²) in [6, 6.07) is 13.9. The summed E-state index contributed by atoms with van der Waals surface area (Å²) in [4.78, 5) is 13.9. The van der Waals surface area contributed by atoms with Crippen LogP contribution in [0.25, 0.3) is 11.4 Å². The van der Waals surface area contributed by atoms with Gasteiger partial charge in [-0.25, -0.2) is 0 Å². The fraction of sp³-hybridized carbons (Fsp3) is 0.222. The fourth-order valence-electron chi connectivity index (χ4n) is 2.48. The van der Waals surface area contributed by atoms with E-state index in [1.807, 2.05) is 37.3 Å². The molecule has 1 N–H and O–H groups in total. The minimum Gasteiger partial charge on any atom is -0.350 e. The standard InChI is InChI=1S/C18H17Cl2N5O/c1-2-16(18(26)21-11-12-4-3-5-15(20)10-12)25-23-17(22-24-25)13-6-8-14(19)9-7-13/h3-10,16H,2,11H2,1H3,(H,21,26)/t16-/m0/s1. The lowest BCUT2D eigenvalue weighted by atomic mass is 10.2. The van der Waals surface area contributed by atoms with Crippen LogP contribution in [0.2, 0.25) is 10.0 Å². The van der Waals surface area contributed by atoms with Crippen LogP contribution in [0.15, 0.2) is 48.5 Å². The van der Waals surface area contributed by atoms with Crippen molar-refractivity contribution in [2.75, 3.05) is 0 Å². The molecule has 1 aromatic heterocycles. The molecule has 0 aliphatic heterocycles. The molecule has 0 bridgehead atoms. The minimum atomic E-state index is -0.539. The van der Waals surface area contributed by atoms with Gasteiger partial charge in [0.25, 0.3) is 0 Å². The highest BCUT2D eigenvalue weighted by Gasteiger charge is 2.21. The van der Waals surface area contributed by atoms with Gasteiger partial charge in [-0.05, 0) is 53.6 Å². The van der Waals surface area contributed by atoms with Gasteiger partial charge in [0.2, 0.25) is 11.7 Å². The Labute approximate surface area is 161 Å². The molecule has 1 amide bonds. The molecule has 6 nitrogen and oxygen atoms in total. The zero-order valence-electron chi connectivity index (χ0n) is 14.1. The van der Waals surface area contributed by atoms with E-state index in [2.05, 4.69) is 20.7 Å². The second-order valence-corrected chi connectivity index (χ2v) is 6.58. The summed E-state index contributed by atoms with van der Waals surface area (Å²) in [5, 5.41) is 16.6. The molecular formula is C18H17Cl2N5O. The highest BCUT2D eigenvalue weighted by Crippen LogP contribution is 2.18. The van der Waals surface area contributed by atoms with Gasteiger partial charge in [-0.1, -0.05) is 42.3 Å². The smallest absolute Gasteiger partial charge is 0.247 e. The number of carbonyl (C=O) groups excluding carboxylic acids is 1. The van der Waals surface area contributed by atoms with Crippen molar-refractivity contribution in [3.8, 4) is 11.4 Å². The molecule has 3 aromatic rings. The number of benzene rings is 2. The molecular weight excluding hydrogens is 373 g/mol. The molecule has 2 aromatic carbocycles. The first-order valence-electron chi connectivity index (χ1n) is 8.14. The van der Waals surface area contributed by atoms with E-state index in [1.54, 1.807) is 18.2 Å². The Kier molecular flexibility index (Phi) is 5.85. The van der Waals surface area contributed by atoms with E-state index in [4.69, 9.17) is 23.2 Å². The van der Waals surface area contributed by atoms with Crippen molar-refractivity contribution in [3.05, 3.63) is 64.1 Å². The highest BCUT2D eigenvalue weighted by atomic mass is 35.5. The van der Waals surface area contributed by atoms with Crippen LogP contribution >= 0.6 is 23.2 Å². The van der Waals surface area contributed by atoms with E-state index in [0.717, 1.165) is 11.1 Å². The van der Waals surface area contributed by atoms with Gasteiger partial charge < -0.3 is 5.32 Å². The Hall–Kier alpha value is -2.44. The SMILES string of the molecule is CC[C@@H](C(=O)NCc1cccc(Cl)c1)n1nnc(-c2ccc(Cl)cc2)n1. The molecule has 0 spiro atoms. The number of aromatic nitrogens is 4. The Morgan fingerprint density at radius 1 is 1.15 bits per heavy atom. The monoisotopic (exact) mass is 389 g/mol. The van der Waals surface area contributed by atoms with Gasteiger partial charge >= 0.3 is 0 Å². The third kappa shape index (κ3) is 4.39. The zero-order valence-corrected chi connectivity index (χ0v) is 15.6. The maximum atomic E-state index is 12.5. The van der Waals surface area contributed by atoms with Crippen molar-refractivity contribution in [1.29, 1.82) is 0 Å². The third-order valence-electron chi connectivity index (χ3n) is 3.85. The molecule has 0 saturated carbocycles. The Bertz CT molecular complexity index is 895. The van der Waals surface area contributed by atoms with E-state index < -0.39 is 6.04 Å². The predicted molar refractivity (Wildman–Crippen MR) is 101 cm³/mol. The number of nitrogens with zero attached hydrogens (tertiary/aromatic N) is 4. The summed E-state index contributed by atoms with van der Waals surface area (Å²) < 4.78 is 0. The number of nitrogens with one attached hydrogen (secondary N) is 1. The second kappa shape index (κ2) is 8.29. The highest BCUT2D eigenvalue weighted by molar-refractivity contribution is 6.30. The van der Waals surface area contributed by atoms with E-state index in [0.29, 0.717) is 28.8 Å². The average Bonchev–Trinajstić information content (AvgIpc) is 3.11. The molecule has 1 heterocycles. The summed E-state index contributed by atoms with van der Waals surface area (Å²) in [5.41, 5.74) is 1.71. The van der Waals surface area contributed by atoms with E-state index in [9.17, 15) is 4.79 Å². The predicted octanol–water partition coefficient (Wildman–Crippen LogP) is 3.91. The van der Waals surface area contributed by atoms with Crippen molar-refractivity contribution in [2.24, 2.45) is 0 Å².